The Balaban J connectivity index is 2.75. The van der Waals surface area contributed by atoms with Gasteiger partial charge in [-0.2, -0.15) is 24.9 Å². The third-order valence-corrected chi connectivity index (χ3v) is 3.70. The molecule has 0 heterocycles. The maximum atomic E-state index is 12.6. The minimum absolute atomic E-state index is 0.235. The Bertz CT molecular complexity index is 602. The Morgan fingerprint density at radius 1 is 1.38 bits per heavy atom. The Morgan fingerprint density at radius 2 is 2.08 bits per heavy atom. The van der Waals surface area contributed by atoms with Crippen LogP contribution in [0.25, 0.3) is 6.08 Å². The Morgan fingerprint density at radius 3 is 2.67 bits per heavy atom. The lowest BCUT2D eigenvalue weighted by atomic mass is 10.1. The van der Waals surface area contributed by atoms with Gasteiger partial charge in [-0.15, -0.1) is 0 Å². The van der Waals surface area contributed by atoms with Crippen LogP contribution < -0.4 is 5.32 Å². The molecule has 4 nitrogen and oxygen atoms in total. The monoisotopic (exact) mass is 361 g/mol. The number of esters is 1. The molecule has 0 saturated heterocycles. The molecule has 0 saturated carbocycles. The largest absolute Gasteiger partial charge is 0.467 e. The standard InChI is InChI=1S/C16H18F3NO3S/c1-23-15(22)13(8-9-24-2)20-14(21)7-6-11-4-3-5-12(10-11)16(17,18)19/h3-7,10,13H,8-9H2,1-2H3,(H,20,21)/b7-6+/t13-/m0/s1. The van der Waals surface area contributed by atoms with Crippen LogP contribution in [0.2, 0.25) is 0 Å². The van der Waals surface area contributed by atoms with Crippen molar-refractivity contribution in [2.45, 2.75) is 18.6 Å². The smallest absolute Gasteiger partial charge is 0.416 e. The van der Waals surface area contributed by atoms with Gasteiger partial charge in [0, 0.05) is 6.08 Å². The van der Waals surface area contributed by atoms with Gasteiger partial charge in [0.25, 0.3) is 0 Å². The summed E-state index contributed by atoms with van der Waals surface area (Å²) in [5.74, 6) is -0.494. The van der Waals surface area contributed by atoms with Crippen molar-refractivity contribution in [3.8, 4) is 0 Å². The Kier molecular flexibility index (Phi) is 7.84. The number of carbonyl (C=O) groups is 2. The number of methoxy groups -OCH3 is 1. The fraction of sp³-hybridized carbons (Fsp3) is 0.375. The second-order valence-corrected chi connectivity index (χ2v) is 5.81. The van der Waals surface area contributed by atoms with Crippen molar-refractivity contribution in [3.05, 3.63) is 41.5 Å². The van der Waals surface area contributed by atoms with E-state index in [4.69, 9.17) is 0 Å². The quantitative estimate of drug-likeness (QED) is 0.599. The van der Waals surface area contributed by atoms with E-state index in [2.05, 4.69) is 10.1 Å². The van der Waals surface area contributed by atoms with Gasteiger partial charge in [0.1, 0.15) is 6.04 Å². The van der Waals surface area contributed by atoms with Gasteiger partial charge in [-0.05, 0) is 42.2 Å². The molecule has 1 N–H and O–H groups in total. The van der Waals surface area contributed by atoms with Crippen LogP contribution in [-0.2, 0) is 20.5 Å². The number of halogens is 3. The lowest BCUT2D eigenvalue weighted by Gasteiger charge is -2.14. The maximum absolute atomic E-state index is 12.6. The van der Waals surface area contributed by atoms with Crippen molar-refractivity contribution >= 4 is 29.7 Å². The van der Waals surface area contributed by atoms with E-state index in [-0.39, 0.29) is 5.56 Å². The summed E-state index contributed by atoms with van der Waals surface area (Å²) in [6, 6.07) is 3.81. The van der Waals surface area contributed by atoms with E-state index in [1.807, 2.05) is 6.26 Å². The summed E-state index contributed by atoms with van der Waals surface area (Å²) in [4.78, 5) is 23.4. The highest BCUT2D eigenvalue weighted by molar-refractivity contribution is 7.98. The summed E-state index contributed by atoms with van der Waals surface area (Å²) in [7, 11) is 1.22. The summed E-state index contributed by atoms with van der Waals surface area (Å²) in [5, 5.41) is 2.48. The molecule has 0 bridgehead atoms. The zero-order chi connectivity index (χ0) is 18.2. The third kappa shape index (κ3) is 6.66. The first-order chi connectivity index (χ1) is 11.3. The number of hydrogen-bond acceptors (Lipinski definition) is 4. The lowest BCUT2D eigenvalue weighted by Crippen LogP contribution is -2.41. The van der Waals surface area contributed by atoms with Gasteiger partial charge in [-0.1, -0.05) is 12.1 Å². The summed E-state index contributed by atoms with van der Waals surface area (Å²) in [6.45, 7) is 0. The van der Waals surface area contributed by atoms with Crippen LogP contribution in [0.4, 0.5) is 13.2 Å². The fourth-order valence-electron chi connectivity index (χ4n) is 1.84. The lowest BCUT2D eigenvalue weighted by molar-refractivity contribution is -0.144. The van der Waals surface area contributed by atoms with Crippen LogP contribution in [0, 0.1) is 0 Å². The molecule has 0 aliphatic rings. The predicted octanol–water partition coefficient (Wildman–Crippen LogP) is 3.13. The number of thioether (sulfide) groups is 1. The van der Waals surface area contributed by atoms with E-state index >= 15 is 0 Å². The molecule has 0 fully saturated rings. The molecule has 1 aromatic carbocycles. The number of nitrogens with one attached hydrogen (secondary N) is 1. The number of ether oxygens (including phenoxy) is 1. The summed E-state index contributed by atoms with van der Waals surface area (Å²) < 4.78 is 42.5. The van der Waals surface area contributed by atoms with Crippen molar-refractivity contribution in [2.24, 2.45) is 0 Å². The van der Waals surface area contributed by atoms with Crippen molar-refractivity contribution in [1.29, 1.82) is 0 Å². The molecule has 0 spiro atoms. The highest BCUT2D eigenvalue weighted by atomic mass is 32.2. The molecule has 8 heteroatoms. The average molecular weight is 361 g/mol. The van der Waals surface area contributed by atoms with Crippen LogP contribution in [0.5, 0.6) is 0 Å². The Labute approximate surface area is 142 Å². The topological polar surface area (TPSA) is 55.4 Å². The van der Waals surface area contributed by atoms with Crippen LogP contribution in [0.15, 0.2) is 30.3 Å². The molecule has 0 aliphatic heterocycles. The summed E-state index contributed by atoms with van der Waals surface area (Å²) in [6.07, 6.45) is 0.165. The highest BCUT2D eigenvalue weighted by Crippen LogP contribution is 2.29. The van der Waals surface area contributed by atoms with Crippen LogP contribution >= 0.6 is 11.8 Å². The minimum Gasteiger partial charge on any atom is -0.467 e. The molecule has 1 amide bonds. The van der Waals surface area contributed by atoms with E-state index in [1.165, 1.54) is 37.1 Å². The molecule has 24 heavy (non-hydrogen) atoms. The molecule has 132 valence electrons. The highest BCUT2D eigenvalue weighted by Gasteiger charge is 2.30. The molecule has 1 aromatic rings. The zero-order valence-corrected chi connectivity index (χ0v) is 14.0. The molecular formula is C16H18F3NO3S. The molecule has 0 unspecified atom stereocenters. The SMILES string of the molecule is COC(=O)[C@H](CCSC)NC(=O)/C=C/c1cccc(C(F)(F)F)c1. The number of rotatable bonds is 7. The van der Waals surface area contributed by atoms with Gasteiger partial charge < -0.3 is 10.1 Å². The summed E-state index contributed by atoms with van der Waals surface area (Å²) in [5.41, 5.74) is -0.559. The Hall–Kier alpha value is -1.96. The van der Waals surface area contributed by atoms with Crippen molar-refractivity contribution in [1.82, 2.24) is 5.32 Å². The van der Waals surface area contributed by atoms with E-state index in [1.54, 1.807) is 0 Å². The van der Waals surface area contributed by atoms with E-state index in [0.717, 1.165) is 18.2 Å². The first-order valence-corrected chi connectivity index (χ1v) is 8.40. The maximum Gasteiger partial charge on any atom is 0.416 e. The van der Waals surface area contributed by atoms with Crippen LogP contribution in [0.1, 0.15) is 17.5 Å². The van der Waals surface area contributed by atoms with Gasteiger partial charge in [0.05, 0.1) is 12.7 Å². The van der Waals surface area contributed by atoms with Crippen LogP contribution in [0.3, 0.4) is 0 Å². The number of amides is 1. The molecule has 0 aliphatic carbocycles. The van der Waals surface area contributed by atoms with Gasteiger partial charge in [-0.3, -0.25) is 4.79 Å². The van der Waals surface area contributed by atoms with Crippen molar-refractivity contribution < 1.29 is 27.5 Å². The van der Waals surface area contributed by atoms with E-state index in [0.29, 0.717) is 12.2 Å². The molecule has 1 rings (SSSR count). The minimum atomic E-state index is -4.44. The normalized spacial score (nSPS) is 12.9. The number of carbonyl (C=O) groups excluding carboxylic acids is 2. The number of benzene rings is 1. The first kappa shape index (κ1) is 20.1. The van der Waals surface area contributed by atoms with Crippen LogP contribution in [-0.4, -0.2) is 37.0 Å². The third-order valence-electron chi connectivity index (χ3n) is 3.05. The van der Waals surface area contributed by atoms with Gasteiger partial charge in [-0.25, -0.2) is 4.79 Å². The molecule has 1 atom stereocenters. The van der Waals surface area contributed by atoms with Gasteiger partial charge in [0.2, 0.25) is 5.91 Å². The molecular weight excluding hydrogens is 343 g/mol. The van der Waals surface area contributed by atoms with E-state index < -0.39 is 29.7 Å². The van der Waals surface area contributed by atoms with Crippen molar-refractivity contribution in [2.75, 3.05) is 19.1 Å². The fourth-order valence-corrected chi connectivity index (χ4v) is 2.31. The average Bonchev–Trinajstić information content (AvgIpc) is 2.55. The zero-order valence-electron chi connectivity index (χ0n) is 13.2. The molecule has 0 radical (unpaired) electrons. The summed E-state index contributed by atoms with van der Waals surface area (Å²) >= 11 is 1.52. The van der Waals surface area contributed by atoms with Gasteiger partial charge in [0.15, 0.2) is 0 Å². The molecule has 0 aromatic heterocycles. The first-order valence-electron chi connectivity index (χ1n) is 7.00. The predicted molar refractivity (Wildman–Crippen MR) is 87.4 cm³/mol. The van der Waals surface area contributed by atoms with E-state index in [9.17, 15) is 22.8 Å². The number of hydrogen-bond donors (Lipinski definition) is 1. The van der Waals surface area contributed by atoms with Gasteiger partial charge >= 0.3 is 12.1 Å². The number of alkyl halides is 3. The second kappa shape index (κ2) is 9.36. The second-order valence-electron chi connectivity index (χ2n) is 4.82. The van der Waals surface area contributed by atoms with Crippen molar-refractivity contribution in [3.63, 3.8) is 0 Å².